The lowest BCUT2D eigenvalue weighted by atomic mass is 9.90. The van der Waals surface area contributed by atoms with Gasteiger partial charge in [-0.15, -0.1) is 0 Å². The molecule has 0 aliphatic carbocycles. The zero-order valence-corrected chi connectivity index (χ0v) is 21.9. The van der Waals surface area contributed by atoms with Crippen molar-refractivity contribution in [2.24, 2.45) is 5.16 Å². The molecule has 10 heteroatoms. The molecule has 2 aromatic carbocycles. The number of fused-ring (bicyclic) bond motifs is 1. The first-order valence-corrected chi connectivity index (χ1v) is 12.9. The number of halogens is 1. The summed E-state index contributed by atoms with van der Waals surface area (Å²) in [7, 11) is 0. The van der Waals surface area contributed by atoms with Crippen molar-refractivity contribution in [3.8, 4) is 5.69 Å². The molecule has 0 saturated carbocycles. The highest BCUT2D eigenvalue weighted by Crippen LogP contribution is 2.29. The first-order valence-electron chi connectivity index (χ1n) is 12.9. The maximum absolute atomic E-state index is 13.6. The van der Waals surface area contributed by atoms with Crippen molar-refractivity contribution in [2.75, 3.05) is 0 Å². The Kier molecular flexibility index (Phi) is 7.41. The largest absolute Gasteiger partial charge is 0.481 e. The Morgan fingerprint density at radius 1 is 1.23 bits per heavy atom. The van der Waals surface area contributed by atoms with E-state index in [0.717, 1.165) is 11.3 Å². The molecule has 0 fully saturated rings. The number of nitrogens with zero attached hydrogens (tertiary/aromatic N) is 3. The molecule has 40 heavy (non-hydrogen) atoms. The van der Waals surface area contributed by atoms with Crippen LogP contribution in [0.2, 0.25) is 0 Å². The lowest BCUT2D eigenvalue weighted by molar-refractivity contribution is -0.137. The Balaban J connectivity index is 1.46. The molecule has 0 amide bonds. The Morgan fingerprint density at radius 2 is 2.02 bits per heavy atom. The van der Waals surface area contributed by atoms with Crippen LogP contribution in [0, 0.1) is 11.2 Å². The highest BCUT2D eigenvalue weighted by Gasteiger charge is 2.38. The predicted molar refractivity (Wildman–Crippen MR) is 150 cm³/mol. The summed E-state index contributed by atoms with van der Waals surface area (Å²) in [6.45, 7) is 1.81. The van der Waals surface area contributed by atoms with E-state index in [0.29, 0.717) is 53.8 Å². The molecule has 2 aliphatic rings. The van der Waals surface area contributed by atoms with E-state index in [1.54, 1.807) is 37.4 Å². The van der Waals surface area contributed by atoms with E-state index in [9.17, 15) is 14.0 Å². The number of nitrogens with one attached hydrogen (secondary N) is 2. The van der Waals surface area contributed by atoms with Crippen molar-refractivity contribution in [2.45, 2.75) is 44.6 Å². The molecule has 1 atom stereocenters. The fraction of sp³-hybridized carbons (Fsp3) is 0.233. The number of benzene rings is 2. The smallest absolute Gasteiger partial charge is 0.303 e. The number of hydrogen-bond acceptors (Lipinski definition) is 7. The van der Waals surface area contributed by atoms with Gasteiger partial charge in [0, 0.05) is 36.7 Å². The lowest BCUT2D eigenvalue weighted by Gasteiger charge is -2.21. The molecule has 1 aromatic heterocycles. The number of dihydropyridines is 1. The van der Waals surface area contributed by atoms with Gasteiger partial charge in [-0.2, -0.15) is 0 Å². The Labute approximate surface area is 229 Å². The number of aromatic nitrogens is 2. The second-order valence-electron chi connectivity index (χ2n) is 9.89. The second-order valence-corrected chi connectivity index (χ2v) is 9.89. The van der Waals surface area contributed by atoms with E-state index >= 15 is 0 Å². The van der Waals surface area contributed by atoms with Gasteiger partial charge in [-0.3, -0.25) is 14.2 Å². The molecular weight excluding hydrogens is 513 g/mol. The highest BCUT2D eigenvalue weighted by molar-refractivity contribution is 6.10. The van der Waals surface area contributed by atoms with Crippen LogP contribution in [0.25, 0.3) is 16.6 Å². The third-order valence-corrected chi connectivity index (χ3v) is 6.86. The summed E-state index contributed by atoms with van der Waals surface area (Å²) < 4.78 is 15.0. The van der Waals surface area contributed by atoms with Gasteiger partial charge in [0.05, 0.1) is 28.0 Å². The fourth-order valence-electron chi connectivity index (χ4n) is 4.64. The van der Waals surface area contributed by atoms with Crippen molar-refractivity contribution < 1.29 is 19.1 Å². The summed E-state index contributed by atoms with van der Waals surface area (Å²) in [4.78, 5) is 35.1. The summed E-state index contributed by atoms with van der Waals surface area (Å²) in [6, 6.07) is 10.8. The van der Waals surface area contributed by atoms with Crippen LogP contribution >= 0.6 is 0 Å². The quantitative estimate of drug-likeness (QED) is 0.264. The molecule has 0 bridgehead atoms. The average Bonchev–Trinajstić information content (AvgIpc) is 3.35. The van der Waals surface area contributed by atoms with E-state index in [-0.39, 0.29) is 17.7 Å². The number of allylic oxidation sites excluding steroid dienone is 3. The number of carboxylic acids is 1. The first kappa shape index (κ1) is 26.7. The van der Waals surface area contributed by atoms with E-state index in [4.69, 9.17) is 20.3 Å². The van der Waals surface area contributed by atoms with Gasteiger partial charge in [-0.05, 0) is 74.4 Å². The summed E-state index contributed by atoms with van der Waals surface area (Å²) in [6.07, 6.45) is 10.8. The maximum Gasteiger partial charge on any atom is 0.303 e. The maximum atomic E-state index is 13.6. The van der Waals surface area contributed by atoms with E-state index in [1.165, 1.54) is 28.8 Å². The van der Waals surface area contributed by atoms with Crippen LogP contribution in [0.4, 0.5) is 4.39 Å². The molecule has 0 radical (unpaired) electrons. The number of carboxylic acid groups (broad SMARTS) is 1. The number of hydrogen-bond donors (Lipinski definition) is 3. The van der Waals surface area contributed by atoms with Crippen molar-refractivity contribution in [3.05, 3.63) is 106 Å². The molecule has 3 N–H and O–H groups in total. The normalized spacial score (nSPS) is 18.9. The number of unbranched alkanes of at least 4 members (excludes halogenated alkanes) is 1. The molecular formula is C30H28FN5O4. The van der Waals surface area contributed by atoms with Crippen molar-refractivity contribution in [3.63, 3.8) is 0 Å². The highest BCUT2D eigenvalue weighted by atomic mass is 19.1. The van der Waals surface area contributed by atoms with Crippen molar-refractivity contribution in [1.82, 2.24) is 14.9 Å². The van der Waals surface area contributed by atoms with Crippen molar-refractivity contribution >= 4 is 28.3 Å². The minimum Gasteiger partial charge on any atom is -0.481 e. The van der Waals surface area contributed by atoms with Gasteiger partial charge in [-0.1, -0.05) is 17.3 Å². The van der Waals surface area contributed by atoms with Gasteiger partial charge in [0.25, 0.3) is 5.56 Å². The number of aliphatic carboxylic acids is 1. The molecule has 2 aliphatic heterocycles. The summed E-state index contributed by atoms with van der Waals surface area (Å²) in [5, 5.41) is 25.3. The van der Waals surface area contributed by atoms with Gasteiger partial charge in [0.15, 0.2) is 5.60 Å². The minimum atomic E-state index is -0.956. The molecule has 204 valence electrons. The molecule has 0 unspecified atom stereocenters. The van der Waals surface area contributed by atoms with Crippen LogP contribution in [0.3, 0.4) is 0 Å². The second kappa shape index (κ2) is 11.1. The summed E-state index contributed by atoms with van der Waals surface area (Å²) >= 11 is 0. The number of carbonyl (C=O) groups is 1. The van der Waals surface area contributed by atoms with Gasteiger partial charge in [0.2, 0.25) is 0 Å². The van der Waals surface area contributed by atoms with Gasteiger partial charge in [-0.25, -0.2) is 9.37 Å². The number of rotatable bonds is 9. The molecule has 0 spiro atoms. The van der Waals surface area contributed by atoms with E-state index in [1.807, 2.05) is 18.2 Å². The van der Waals surface area contributed by atoms with Gasteiger partial charge in [0.1, 0.15) is 11.6 Å². The zero-order valence-electron chi connectivity index (χ0n) is 21.9. The van der Waals surface area contributed by atoms with Gasteiger partial charge >= 0.3 is 5.97 Å². The molecule has 3 aromatic rings. The predicted octanol–water partition coefficient (Wildman–Crippen LogP) is 4.78. The Hall–Kier alpha value is -4.86. The summed E-state index contributed by atoms with van der Waals surface area (Å²) in [5.41, 5.74) is 2.07. The first-order chi connectivity index (χ1) is 19.2. The third kappa shape index (κ3) is 5.61. The Morgan fingerprint density at radius 3 is 2.75 bits per heavy atom. The van der Waals surface area contributed by atoms with E-state index in [2.05, 4.69) is 10.5 Å². The molecule has 9 nitrogen and oxygen atoms in total. The van der Waals surface area contributed by atoms with Crippen LogP contribution in [0.15, 0.2) is 88.6 Å². The van der Waals surface area contributed by atoms with Crippen LogP contribution in [-0.2, 0) is 16.1 Å². The molecule has 0 saturated heterocycles. The standard InChI is InChI=1S/C30H28FN5O4/c1-30(26(32)17-21-6-4-5-15-33-21)18-25(35-40-30)19-9-14-23-24(16-19)34-27(7-2-3-8-28(37)38)36(29(23)39)22-12-10-20(31)11-13-22/h4-6,9-17,32-33H,2-3,7-8,18H2,1H3,(H,37,38)/b21-17-,32-26?/t30-/m1/s1. The molecule has 3 heterocycles. The SMILES string of the molecule is C[C@]1(C(=N)/C=C2/C=CC=CN2)CC(c2ccc3c(=O)n(-c4ccc(F)cc4)c(CCCCC(=O)O)nc3c2)=NO1. The van der Waals surface area contributed by atoms with Gasteiger partial charge < -0.3 is 20.7 Å². The average molecular weight is 542 g/mol. The van der Waals surface area contributed by atoms with Crippen LogP contribution < -0.4 is 10.9 Å². The van der Waals surface area contributed by atoms with Crippen LogP contribution in [-0.4, -0.2) is 37.7 Å². The Bertz CT molecular complexity index is 1670. The summed E-state index contributed by atoms with van der Waals surface area (Å²) in [5.74, 6) is -0.847. The topological polar surface area (TPSA) is 130 Å². The minimum absolute atomic E-state index is 0.0197. The zero-order chi connectivity index (χ0) is 28.3. The van der Waals surface area contributed by atoms with Crippen LogP contribution in [0.1, 0.15) is 44.0 Å². The van der Waals surface area contributed by atoms with E-state index < -0.39 is 17.4 Å². The lowest BCUT2D eigenvalue weighted by Crippen LogP contribution is -2.34. The number of aryl methyl sites for hydroxylation is 1. The monoisotopic (exact) mass is 541 g/mol. The fourth-order valence-corrected chi connectivity index (χ4v) is 4.64. The van der Waals surface area contributed by atoms with Crippen molar-refractivity contribution in [1.29, 1.82) is 5.41 Å². The number of oxime groups is 1. The van der Waals surface area contributed by atoms with Crippen LogP contribution in [0.5, 0.6) is 0 Å². The molecule has 5 rings (SSSR count). The third-order valence-electron chi connectivity index (χ3n) is 6.86.